The zero-order chi connectivity index (χ0) is 29.6. The van der Waals surface area contributed by atoms with Crippen molar-refractivity contribution in [2.75, 3.05) is 18.8 Å². The number of carbonyl (C=O) groups excluding carboxylic acids is 1. The Morgan fingerprint density at radius 2 is 1.73 bits per heavy atom. The minimum Gasteiger partial charge on any atom is -0.409 e. The minimum atomic E-state index is -4.26. The summed E-state index contributed by atoms with van der Waals surface area (Å²) in [6, 6.07) is 20.8. The molecule has 0 bridgehead atoms. The molecule has 4 rings (SSSR count). The Balaban J connectivity index is 1.81. The number of nitrogens with zero attached hydrogens (tertiary/aromatic N) is 4. The van der Waals surface area contributed by atoms with Crippen LogP contribution in [0, 0.1) is 0 Å². The van der Waals surface area contributed by atoms with Crippen molar-refractivity contribution in [1.82, 2.24) is 14.3 Å². The molecule has 12 heteroatoms. The number of nitrogens with two attached hydrogens (primary N) is 2. The molecule has 0 radical (unpaired) electrons. The molecule has 6 N–H and O–H groups in total. The number of amidine groups is 1. The number of hydrogen-bond donors (Lipinski definition) is 4. The second-order valence-corrected chi connectivity index (χ2v) is 11.8. The van der Waals surface area contributed by atoms with Gasteiger partial charge in [-0.25, -0.2) is 18.2 Å². The average Bonchev–Trinajstić information content (AvgIpc) is 3.07. The first-order valence-electron chi connectivity index (χ1n) is 13.4. The van der Waals surface area contributed by atoms with Crippen molar-refractivity contribution in [3.63, 3.8) is 0 Å². The second-order valence-electron chi connectivity index (χ2n) is 9.98. The van der Waals surface area contributed by atoms with Crippen LogP contribution >= 0.6 is 0 Å². The van der Waals surface area contributed by atoms with E-state index in [2.05, 4.69) is 5.16 Å². The van der Waals surface area contributed by atoms with Crippen LogP contribution < -0.4 is 11.5 Å². The van der Waals surface area contributed by atoms with Crippen molar-refractivity contribution in [2.24, 2.45) is 10.9 Å². The topological polar surface area (TPSA) is 166 Å². The van der Waals surface area contributed by atoms with Crippen LogP contribution in [0.4, 0.5) is 10.5 Å². The van der Waals surface area contributed by atoms with Gasteiger partial charge in [-0.2, -0.15) is 0 Å². The summed E-state index contributed by atoms with van der Waals surface area (Å²) in [5.74, 6) is -0.0844. The highest BCUT2D eigenvalue weighted by Crippen LogP contribution is 2.28. The number of hydrazine groups is 1. The van der Waals surface area contributed by atoms with E-state index in [4.69, 9.17) is 16.7 Å². The Morgan fingerprint density at radius 1 is 1.02 bits per heavy atom. The smallest absolute Gasteiger partial charge is 0.336 e. The molecule has 0 saturated carbocycles. The third-order valence-corrected chi connectivity index (χ3v) is 8.80. The van der Waals surface area contributed by atoms with Gasteiger partial charge in [0.05, 0.1) is 23.6 Å². The van der Waals surface area contributed by atoms with Crippen molar-refractivity contribution in [3.05, 3.63) is 95.6 Å². The van der Waals surface area contributed by atoms with Crippen molar-refractivity contribution in [3.8, 4) is 0 Å². The largest absolute Gasteiger partial charge is 0.409 e. The number of aliphatic hydroxyl groups is 1. The van der Waals surface area contributed by atoms with Gasteiger partial charge in [0.15, 0.2) is 5.84 Å². The first kappa shape index (κ1) is 29.8. The molecule has 218 valence electrons. The van der Waals surface area contributed by atoms with Gasteiger partial charge in [0.2, 0.25) is 0 Å². The molecule has 11 nitrogen and oxygen atoms in total. The number of aliphatic hydroxyl groups excluding tert-OH is 1. The van der Waals surface area contributed by atoms with E-state index in [1.165, 1.54) is 28.1 Å². The molecule has 0 aliphatic carbocycles. The predicted molar refractivity (Wildman–Crippen MR) is 156 cm³/mol. The number of β-amino-alcohol motifs (C(OH)–C–C–N with tert-alkyl or cyclic N) is 1. The number of oxime groups is 1. The molecule has 3 aromatic carbocycles. The number of nitrogen functional groups attached to an aromatic ring is 1. The molecule has 1 fully saturated rings. The summed E-state index contributed by atoms with van der Waals surface area (Å²) in [6.07, 6.45) is 0.324. The van der Waals surface area contributed by atoms with E-state index in [-0.39, 0.29) is 36.1 Å². The number of benzene rings is 3. The Hall–Kier alpha value is -4.13. The number of rotatable bonds is 10. The molecule has 1 aliphatic heterocycles. The number of sulfonamides is 1. The summed E-state index contributed by atoms with van der Waals surface area (Å²) >= 11 is 0. The monoisotopic (exact) mass is 580 g/mol. The molecule has 1 saturated heterocycles. The Morgan fingerprint density at radius 3 is 2.41 bits per heavy atom. The van der Waals surface area contributed by atoms with Crippen molar-refractivity contribution in [2.45, 2.75) is 49.8 Å². The molecule has 3 aromatic rings. The third kappa shape index (κ3) is 6.79. The maximum Gasteiger partial charge on any atom is 0.336 e. The summed E-state index contributed by atoms with van der Waals surface area (Å²) in [6.45, 7) is 1.80. The zero-order valence-corrected chi connectivity index (χ0v) is 23.7. The molecule has 0 spiro atoms. The molecule has 2 amide bonds. The fourth-order valence-corrected chi connectivity index (χ4v) is 6.42. The highest BCUT2D eigenvalue weighted by molar-refractivity contribution is 7.89. The lowest BCUT2D eigenvalue weighted by Gasteiger charge is -2.35. The van der Waals surface area contributed by atoms with Gasteiger partial charge >= 0.3 is 6.03 Å². The lowest BCUT2D eigenvalue weighted by molar-refractivity contribution is 0.0578. The van der Waals surface area contributed by atoms with Gasteiger partial charge in [-0.1, -0.05) is 73.1 Å². The van der Waals surface area contributed by atoms with Crippen molar-refractivity contribution < 1.29 is 23.5 Å². The number of unbranched alkanes of at least 4 members (excludes halogenated alkanes) is 1. The van der Waals surface area contributed by atoms with Gasteiger partial charge in [0.1, 0.15) is 0 Å². The van der Waals surface area contributed by atoms with Gasteiger partial charge in [0.25, 0.3) is 10.0 Å². The highest BCUT2D eigenvalue weighted by Gasteiger charge is 2.44. The number of hydrogen-bond acceptors (Lipinski definition) is 7. The van der Waals surface area contributed by atoms with Crippen LogP contribution in [0.3, 0.4) is 0 Å². The standard InChI is InChI=1S/C29H36N6O5S/c1-2-3-15-34-29(37)33(19-22-11-7-12-23(16-22)28(31)32-38)26(17-21-9-5-4-6-10-21)27(36)20-35(34)41(39,40)25-14-8-13-24(30)18-25/h4-14,16,18,26-27,36,38H,2-3,15,17,19-20,30H2,1H3,(H2,31,32)/t26-,27-/m1/s1. The molecule has 0 aromatic heterocycles. The van der Waals surface area contributed by atoms with E-state index >= 15 is 0 Å². The molecular formula is C29H36N6O5S. The van der Waals surface area contributed by atoms with Crippen molar-refractivity contribution in [1.29, 1.82) is 0 Å². The van der Waals surface area contributed by atoms with Gasteiger partial charge in [-0.3, -0.25) is 0 Å². The zero-order valence-electron chi connectivity index (χ0n) is 22.9. The van der Waals surface area contributed by atoms with Crippen LogP contribution in [-0.2, 0) is 23.0 Å². The molecule has 1 heterocycles. The Bertz CT molecular complexity index is 1480. The number of anilines is 1. The fraction of sp³-hybridized carbons (Fsp3) is 0.310. The van der Waals surface area contributed by atoms with E-state index in [9.17, 15) is 18.3 Å². The average molecular weight is 581 g/mol. The van der Waals surface area contributed by atoms with Crippen molar-refractivity contribution >= 4 is 27.6 Å². The van der Waals surface area contributed by atoms with E-state index in [1.54, 1.807) is 30.3 Å². The molecule has 41 heavy (non-hydrogen) atoms. The van der Waals surface area contributed by atoms with E-state index in [1.807, 2.05) is 37.3 Å². The Kier molecular flexibility index (Phi) is 9.48. The lowest BCUT2D eigenvalue weighted by atomic mass is 9.99. The molecular weight excluding hydrogens is 544 g/mol. The van der Waals surface area contributed by atoms with Gasteiger partial charge in [0, 0.05) is 24.3 Å². The highest BCUT2D eigenvalue weighted by atomic mass is 32.2. The molecule has 1 aliphatic rings. The predicted octanol–water partition coefficient (Wildman–Crippen LogP) is 2.98. The van der Waals surface area contributed by atoms with E-state index < -0.39 is 28.2 Å². The van der Waals surface area contributed by atoms with Gasteiger partial charge in [-0.05, 0) is 48.2 Å². The second kappa shape index (κ2) is 13.0. The first-order chi connectivity index (χ1) is 19.6. The van der Waals surface area contributed by atoms with Crippen LogP contribution in [0.1, 0.15) is 36.5 Å². The first-order valence-corrected chi connectivity index (χ1v) is 14.8. The number of urea groups is 1. The van der Waals surface area contributed by atoms with Crippen LogP contribution in [0.25, 0.3) is 0 Å². The summed E-state index contributed by atoms with van der Waals surface area (Å²) in [4.78, 5) is 15.8. The van der Waals surface area contributed by atoms with Crippen LogP contribution in [0.2, 0.25) is 0 Å². The minimum absolute atomic E-state index is 0.0503. The summed E-state index contributed by atoms with van der Waals surface area (Å²) < 4.78 is 28.9. The van der Waals surface area contributed by atoms with E-state index in [0.29, 0.717) is 30.4 Å². The van der Waals surface area contributed by atoms with Crippen LogP contribution in [0.15, 0.2) is 88.9 Å². The fourth-order valence-electron chi connectivity index (χ4n) is 4.88. The lowest BCUT2D eigenvalue weighted by Crippen LogP contribution is -2.53. The Labute approximate surface area is 240 Å². The molecule has 0 unspecified atom stereocenters. The number of carbonyl (C=O) groups is 1. The number of amides is 2. The summed E-state index contributed by atoms with van der Waals surface area (Å²) in [7, 11) is -4.26. The normalized spacial score (nSPS) is 18.9. The van der Waals surface area contributed by atoms with Gasteiger partial charge in [-0.15, -0.1) is 4.41 Å². The van der Waals surface area contributed by atoms with Crippen LogP contribution in [0.5, 0.6) is 0 Å². The molecule has 2 atom stereocenters. The summed E-state index contributed by atoms with van der Waals surface area (Å²) in [5.41, 5.74) is 14.0. The SMILES string of the molecule is CCCCN1C(=O)N(Cc2cccc(/C(N)=N\O)c2)[C@H](Cc2ccccc2)[C@H](O)CN1S(=O)(=O)c1cccc(N)c1. The van der Waals surface area contributed by atoms with Crippen LogP contribution in [-0.4, -0.2) is 70.2 Å². The quantitative estimate of drug-likeness (QED) is 0.0941. The van der Waals surface area contributed by atoms with Gasteiger partial charge < -0.3 is 26.7 Å². The maximum absolute atomic E-state index is 14.4. The van der Waals surface area contributed by atoms with E-state index in [0.717, 1.165) is 9.98 Å². The third-order valence-electron chi connectivity index (χ3n) is 7.05. The maximum atomic E-state index is 14.4. The summed E-state index contributed by atoms with van der Waals surface area (Å²) in [5, 5.41) is 25.0.